The third-order valence-electron chi connectivity index (χ3n) is 3.44. The zero-order valence-electron chi connectivity index (χ0n) is 10.8. The van der Waals surface area contributed by atoms with E-state index in [1.165, 1.54) is 11.3 Å². The quantitative estimate of drug-likeness (QED) is 0.775. The maximum absolute atomic E-state index is 12.0. The van der Waals surface area contributed by atoms with E-state index in [9.17, 15) is 9.59 Å². The molecule has 0 saturated heterocycles. The van der Waals surface area contributed by atoms with Crippen LogP contribution in [0.25, 0.3) is 0 Å². The molecule has 1 aliphatic carbocycles. The van der Waals surface area contributed by atoms with Crippen LogP contribution < -0.4 is 0 Å². The fraction of sp³-hybridized carbons (Fsp3) is 0.846. The van der Waals surface area contributed by atoms with Crippen molar-refractivity contribution in [3.63, 3.8) is 0 Å². The Morgan fingerprint density at radius 1 is 1.35 bits per heavy atom. The zero-order chi connectivity index (χ0) is 12.8. The fourth-order valence-corrected chi connectivity index (χ4v) is 2.61. The number of hydrogen-bond donors (Lipinski definition) is 1. The zero-order valence-corrected chi connectivity index (χ0v) is 10.8. The first-order valence-electron chi connectivity index (χ1n) is 6.52. The highest BCUT2D eigenvalue weighted by Crippen LogP contribution is 2.32. The number of nitrogens with zero attached hydrogens (tertiary/aromatic N) is 1. The highest BCUT2D eigenvalue weighted by Gasteiger charge is 2.26. The van der Waals surface area contributed by atoms with Crippen molar-refractivity contribution in [3.8, 4) is 0 Å². The predicted molar refractivity (Wildman–Crippen MR) is 65.6 cm³/mol. The molecule has 1 N–H and O–H groups in total. The molecule has 2 unspecified atom stereocenters. The summed E-state index contributed by atoms with van der Waals surface area (Å²) in [5.74, 6) is 0.262. The van der Waals surface area contributed by atoms with Crippen molar-refractivity contribution < 1.29 is 14.7 Å². The molecule has 0 aromatic heterocycles. The fourth-order valence-electron chi connectivity index (χ4n) is 2.61. The van der Waals surface area contributed by atoms with Crippen LogP contribution in [0.1, 0.15) is 46.0 Å². The van der Waals surface area contributed by atoms with Crippen LogP contribution in [0.4, 0.5) is 0 Å². The number of carbonyl (C=O) groups excluding carboxylic acids is 1. The van der Waals surface area contributed by atoms with Crippen LogP contribution in [0.15, 0.2) is 0 Å². The van der Waals surface area contributed by atoms with E-state index in [0.717, 1.165) is 19.3 Å². The second-order valence-electron chi connectivity index (χ2n) is 5.20. The summed E-state index contributed by atoms with van der Waals surface area (Å²) < 4.78 is 0. The van der Waals surface area contributed by atoms with E-state index < -0.39 is 5.97 Å². The van der Waals surface area contributed by atoms with Crippen LogP contribution in [-0.4, -0.2) is 35.0 Å². The molecule has 1 amide bonds. The van der Waals surface area contributed by atoms with Gasteiger partial charge in [-0.25, -0.2) is 0 Å². The largest absolute Gasteiger partial charge is 0.480 e. The van der Waals surface area contributed by atoms with Gasteiger partial charge in [-0.2, -0.15) is 0 Å². The Morgan fingerprint density at radius 3 is 2.53 bits per heavy atom. The van der Waals surface area contributed by atoms with Crippen molar-refractivity contribution >= 4 is 11.9 Å². The van der Waals surface area contributed by atoms with Gasteiger partial charge >= 0.3 is 5.97 Å². The summed E-state index contributed by atoms with van der Waals surface area (Å²) in [6.45, 7) is 4.56. The van der Waals surface area contributed by atoms with Gasteiger partial charge in [-0.05, 0) is 31.1 Å². The lowest BCUT2D eigenvalue weighted by Crippen LogP contribution is -2.37. The molecule has 1 fully saturated rings. The Bertz CT molecular complexity index is 278. The molecular formula is C13H23NO3. The van der Waals surface area contributed by atoms with Crippen LogP contribution in [0.2, 0.25) is 0 Å². The number of carboxylic acids is 1. The minimum Gasteiger partial charge on any atom is -0.480 e. The molecule has 1 rings (SSSR count). The molecule has 0 aromatic carbocycles. The van der Waals surface area contributed by atoms with Crippen LogP contribution in [0.5, 0.6) is 0 Å². The van der Waals surface area contributed by atoms with Gasteiger partial charge in [0, 0.05) is 13.0 Å². The summed E-state index contributed by atoms with van der Waals surface area (Å²) in [5, 5.41) is 8.77. The Morgan fingerprint density at radius 2 is 2.06 bits per heavy atom. The monoisotopic (exact) mass is 241 g/mol. The van der Waals surface area contributed by atoms with Gasteiger partial charge in [0.05, 0.1) is 0 Å². The molecule has 0 heterocycles. The first-order valence-corrected chi connectivity index (χ1v) is 6.52. The molecule has 0 aliphatic heterocycles. The Balaban J connectivity index is 2.44. The minimum atomic E-state index is -0.924. The lowest BCUT2D eigenvalue weighted by molar-refractivity contribution is -0.144. The van der Waals surface area contributed by atoms with Crippen molar-refractivity contribution in [3.05, 3.63) is 0 Å². The molecule has 0 spiro atoms. The van der Waals surface area contributed by atoms with Gasteiger partial charge in [-0.3, -0.25) is 9.59 Å². The maximum atomic E-state index is 12.0. The van der Waals surface area contributed by atoms with Crippen molar-refractivity contribution in [2.75, 3.05) is 13.1 Å². The minimum absolute atomic E-state index is 0.00773. The number of carboxylic acid groups (broad SMARTS) is 1. The van der Waals surface area contributed by atoms with Gasteiger partial charge in [0.1, 0.15) is 6.54 Å². The van der Waals surface area contributed by atoms with Gasteiger partial charge in [0.2, 0.25) is 5.91 Å². The first-order chi connectivity index (χ1) is 8.02. The Labute approximate surface area is 103 Å². The second kappa shape index (κ2) is 6.62. The Kier molecular flexibility index (Phi) is 5.45. The van der Waals surface area contributed by atoms with Crippen molar-refractivity contribution in [1.82, 2.24) is 4.90 Å². The van der Waals surface area contributed by atoms with E-state index in [1.807, 2.05) is 6.92 Å². The lowest BCUT2D eigenvalue weighted by Gasteiger charge is -2.21. The SMILES string of the molecule is CCCN(CC(=O)O)C(=O)CC1CCC(C)C1. The molecule has 0 bridgehead atoms. The second-order valence-corrected chi connectivity index (χ2v) is 5.20. The van der Waals surface area contributed by atoms with Crippen LogP contribution in [0.3, 0.4) is 0 Å². The normalized spacial score (nSPS) is 23.6. The highest BCUT2D eigenvalue weighted by molar-refractivity contribution is 5.81. The standard InChI is InChI=1S/C13H23NO3/c1-3-6-14(9-13(16)17)12(15)8-11-5-4-10(2)7-11/h10-11H,3-9H2,1-2H3,(H,16,17). The summed E-state index contributed by atoms with van der Waals surface area (Å²) in [6.07, 6.45) is 4.75. The van der Waals surface area contributed by atoms with Gasteiger partial charge in [-0.15, -0.1) is 0 Å². The Hall–Kier alpha value is -1.06. The molecule has 17 heavy (non-hydrogen) atoms. The van der Waals surface area contributed by atoms with Crippen LogP contribution in [0, 0.1) is 11.8 Å². The summed E-state index contributed by atoms with van der Waals surface area (Å²) in [7, 11) is 0. The molecule has 4 heteroatoms. The summed E-state index contributed by atoms with van der Waals surface area (Å²) in [5.41, 5.74) is 0. The van der Waals surface area contributed by atoms with Gasteiger partial charge < -0.3 is 10.0 Å². The third kappa shape index (κ3) is 4.75. The summed E-state index contributed by atoms with van der Waals surface area (Å²) >= 11 is 0. The number of aliphatic carboxylic acids is 1. The number of amides is 1. The van der Waals surface area contributed by atoms with Gasteiger partial charge in [-0.1, -0.05) is 20.3 Å². The van der Waals surface area contributed by atoms with E-state index in [2.05, 4.69) is 6.92 Å². The van der Waals surface area contributed by atoms with Gasteiger partial charge in [0.25, 0.3) is 0 Å². The number of hydrogen-bond acceptors (Lipinski definition) is 2. The number of rotatable bonds is 6. The van der Waals surface area contributed by atoms with E-state index >= 15 is 0 Å². The van der Waals surface area contributed by atoms with Crippen molar-refractivity contribution in [2.45, 2.75) is 46.0 Å². The number of carbonyl (C=O) groups is 2. The molecule has 4 nitrogen and oxygen atoms in total. The molecule has 98 valence electrons. The first kappa shape index (κ1) is 14.0. The average molecular weight is 241 g/mol. The molecule has 0 aromatic rings. The predicted octanol–water partition coefficient (Wildman–Crippen LogP) is 2.14. The van der Waals surface area contributed by atoms with Crippen LogP contribution in [-0.2, 0) is 9.59 Å². The summed E-state index contributed by atoms with van der Waals surface area (Å²) in [4.78, 5) is 24.2. The smallest absolute Gasteiger partial charge is 0.323 e. The van der Waals surface area contributed by atoms with Crippen molar-refractivity contribution in [2.24, 2.45) is 11.8 Å². The molecule has 0 radical (unpaired) electrons. The third-order valence-corrected chi connectivity index (χ3v) is 3.44. The molecule has 2 atom stereocenters. The lowest BCUT2D eigenvalue weighted by atomic mass is 10.0. The van der Waals surface area contributed by atoms with Crippen LogP contribution >= 0.6 is 0 Å². The maximum Gasteiger partial charge on any atom is 0.323 e. The van der Waals surface area contributed by atoms with E-state index in [1.54, 1.807) is 0 Å². The van der Waals surface area contributed by atoms with E-state index in [-0.39, 0.29) is 12.5 Å². The van der Waals surface area contributed by atoms with E-state index in [4.69, 9.17) is 5.11 Å². The topological polar surface area (TPSA) is 57.6 Å². The highest BCUT2D eigenvalue weighted by atomic mass is 16.4. The van der Waals surface area contributed by atoms with Crippen molar-refractivity contribution in [1.29, 1.82) is 0 Å². The average Bonchev–Trinajstić information content (AvgIpc) is 2.62. The summed E-state index contributed by atoms with van der Waals surface area (Å²) in [6, 6.07) is 0. The van der Waals surface area contributed by atoms with Gasteiger partial charge in [0.15, 0.2) is 0 Å². The molecule has 1 saturated carbocycles. The molecule has 1 aliphatic rings. The molecular weight excluding hydrogens is 218 g/mol. The van der Waals surface area contributed by atoms with E-state index in [0.29, 0.717) is 24.8 Å².